The van der Waals surface area contributed by atoms with Gasteiger partial charge in [0.2, 0.25) is 0 Å². The lowest BCUT2D eigenvalue weighted by Crippen LogP contribution is -2.40. The minimum Gasteiger partial charge on any atom is -0.484 e. The van der Waals surface area contributed by atoms with Gasteiger partial charge in [-0.25, -0.2) is 0 Å². The van der Waals surface area contributed by atoms with Crippen molar-refractivity contribution in [2.75, 3.05) is 19.8 Å². The van der Waals surface area contributed by atoms with Crippen molar-refractivity contribution >= 4 is 21.8 Å². The molecule has 19 heavy (non-hydrogen) atoms. The number of aliphatic hydroxyl groups is 1. The fourth-order valence-corrected chi connectivity index (χ4v) is 2.07. The summed E-state index contributed by atoms with van der Waals surface area (Å²) < 4.78 is 6.39. The summed E-state index contributed by atoms with van der Waals surface area (Å²) in [5.74, 6) is 0.594. The summed E-state index contributed by atoms with van der Waals surface area (Å²) in [5.41, 5.74) is 0. The minimum absolute atomic E-state index is 0.0140. The van der Waals surface area contributed by atoms with Crippen molar-refractivity contribution in [3.05, 3.63) is 28.7 Å². The first-order chi connectivity index (χ1) is 9.04. The summed E-state index contributed by atoms with van der Waals surface area (Å²) in [6.45, 7) is 4.56. The fourth-order valence-electron chi connectivity index (χ4n) is 1.70. The topological polar surface area (TPSA) is 49.8 Å². The van der Waals surface area contributed by atoms with Gasteiger partial charge in [0.25, 0.3) is 5.91 Å². The second-order valence-corrected chi connectivity index (χ2v) is 5.42. The molecule has 1 N–H and O–H groups in total. The highest BCUT2D eigenvalue weighted by Gasteiger charge is 2.16. The Labute approximate surface area is 122 Å². The summed E-state index contributed by atoms with van der Waals surface area (Å²) in [6.07, 6.45) is 0.584. The van der Waals surface area contributed by atoms with Crippen LogP contribution in [0, 0.1) is 0 Å². The van der Waals surface area contributed by atoms with Crippen LogP contribution in [-0.2, 0) is 4.79 Å². The third-order valence-electron chi connectivity index (χ3n) is 2.66. The maximum Gasteiger partial charge on any atom is 0.260 e. The number of rotatable bonds is 7. The average Bonchev–Trinajstić information content (AvgIpc) is 2.36. The molecular formula is C14H20BrNO3. The van der Waals surface area contributed by atoms with Crippen molar-refractivity contribution in [2.24, 2.45) is 0 Å². The molecule has 0 spiro atoms. The molecule has 0 aromatic heterocycles. The second-order valence-electron chi connectivity index (χ2n) is 4.50. The number of halogens is 1. The lowest BCUT2D eigenvalue weighted by atomic mass is 10.3. The van der Waals surface area contributed by atoms with E-state index < -0.39 is 0 Å². The first-order valence-corrected chi connectivity index (χ1v) is 7.12. The molecule has 0 aliphatic heterocycles. The molecule has 0 radical (unpaired) electrons. The number of benzene rings is 1. The van der Waals surface area contributed by atoms with Crippen molar-refractivity contribution in [2.45, 2.75) is 26.3 Å². The zero-order valence-corrected chi connectivity index (χ0v) is 12.9. The molecule has 0 bridgehead atoms. The Bertz CT molecular complexity index is 409. The standard InChI is InChI=1S/C14H20BrNO3/c1-11(2)16(7-4-8-17)14(18)10-19-13-6-3-5-12(15)9-13/h3,5-6,9,11,17H,4,7-8,10H2,1-2H3. The highest BCUT2D eigenvalue weighted by molar-refractivity contribution is 9.10. The largest absolute Gasteiger partial charge is 0.484 e. The number of aliphatic hydroxyl groups excluding tert-OH is 1. The van der Waals surface area contributed by atoms with Crippen LogP contribution < -0.4 is 4.74 Å². The first kappa shape index (κ1) is 16.0. The number of carbonyl (C=O) groups is 1. The van der Waals surface area contributed by atoms with Gasteiger partial charge < -0.3 is 14.7 Å². The van der Waals surface area contributed by atoms with Gasteiger partial charge in [0, 0.05) is 23.7 Å². The predicted octanol–water partition coefficient (Wildman–Crippen LogP) is 2.45. The smallest absolute Gasteiger partial charge is 0.260 e. The summed E-state index contributed by atoms with van der Waals surface area (Å²) in [6, 6.07) is 7.49. The third kappa shape index (κ3) is 5.61. The number of ether oxygens (including phenoxy) is 1. The highest BCUT2D eigenvalue weighted by atomic mass is 79.9. The Hall–Kier alpha value is -1.07. The third-order valence-corrected chi connectivity index (χ3v) is 3.15. The van der Waals surface area contributed by atoms with Gasteiger partial charge in [-0.2, -0.15) is 0 Å². The Balaban J connectivity index is 2.52. The van der Waals surface area contributed by atoms with Crippen LogP contribution in [0.2, 0.25) is 0 Å². The van der Waals surface area contributed by atoms with Crippen LogP contribution in [0.1, 0.15) is 20.3 Å². The first-order valence-electron chi connectivity index (χ1n) is 6.33. The van der Waals surface area contributed by atoms with E-state index in [9.17, 15) is 4.79 Å². The van der Waals surface area contributed by atoms with Crippen LogP contribution in [0.4, 0.5) is 0 Å². The molecule has 0 unspecified atom stereocenters. The fraction of sp³-hybridized carbons (Fsp3) is 0.500. The molecule has 1 amide bonds. The van der Waals surface area contributed by atoms with Crippen LogP contribution in [0.5, 0.6) is 5.75 Å². The van der Waals surface area contributed by atoms with Crippen LogP contribution in [0.15, 0.2) is 28.7 Å². The molecule has 0 saturated carbocycles. The Morgan fingerprint density at radius 2 is 2.21 bits per heavy atom. The molecule has 1 aromatic carbocycles. The Morgan fingerprint density at radius 3 is 2.79 bits per heavy atom. The number of hydrogen-bond acceptors (Lipinski definition) is 3. The van der Waals surface area contributed by atoms with Gasteiger partial charge in [-0.15, -0.1) is 0 Å². The number of nitrogens with zero attached hydrogens (tertiary/aromatic N) is 1. The minimum atomic E-state index is -0.0663. The van der Waals surface area contributed by atoms with E-state index in [0.29, 0.717) is 18.7 Å². The van der Waals surface area contributed by atoms with E-state index in [-0.39, 0.29) is 25.2 Å². The van der Waals surface area contributed by atoms with Crippen LogP contribution in [-0.4, -0.2) is 41.7 Å². The van der Waals surface area contributed by atoms with E-state index >= 15 is 0 Å². The lowest BCUT2D eigenvalue weighted by molar-refractivity contribution is -0.135. The molecule has 4 nitrogen and oxygen atoms in total. The van der Waals surface area contributed by atoms with E-state index in [1.807, 2.05) is 38.1 Å². The van der Waals surface area contributed by atoms with Gasteiger partial charge >= 0.3 is 0 Å². The summed E-state index contributed by atoms with van der Waals surface area (Å²) in [7, 11) is 0. The van der Waals surface area contributed by atoms with Crippen molar-refractivity contribution in [1.82, 2.24) is 4.90 Å². The van der Waals surface area contributed by atoms with Gasteiger partial charge in [-0.1, -0.05) is 22.0 Å². The number of carbonyl (C=O) groups excluding carboxylic acids is 1. The SMILES string of the molecule is CC(C)N(CCCO)C(=O)COc1cccc(Br)c1. The van der Waals surface area contributed by atoms with Crippen molar-refractivity contribution in [3.8, 4) is 5.75 Å². The van der Waals surface area contributed by atoms with E-state index in [2.05, 4.69) is 15.9 Å². The molecule has 1 rings (SSSR count). The summed E-state index contributed by atoms with van der Waals surface area (Å²) in [5, 5.41) is 8.84. The number of hydrogen-bond donors (Lipinski definition) is 1. The Morgan fingerprint density at radius 1 is 1.47 bits per heavy atom. The highest BCUT2D eigenvalue weighted by Crippen LogP contribution is 2.17. The quantitative estimate of drug-likeness (QED) is 0.835. The normalized spacial score (nSPS) is 10.6. The summed E-state index contributed by atoms with van der Waals surface area (Å²) >= 11 is 3.35. The van der Waals surface area contributed by atoms with Gasteiger partial charge in [-0.05, 0) is 38.5 Å². The molecular weight excluding hydrogens is 310 g/mol. The number of amides is 1. The molecule has 106 valence electrons. The maximum absolute atomic E-state index is 12.1. The molecule has 0 heterocycles. The monoisotopic (exact) mass is 329 g/mol. The van der Waals surface area contributed by atoms with E-state index in [1.165, 1.54) is 0 Å². The van der Waals surface area contributed by atoms with Gasteiger partial charge in [0.1, 0.15) is 5.75 Å². The molecule has 5 heteroatoms. The molecule has 0 aliphatic rings. The lowest BCUT2D eigenvalue weighted by Gasteiger charge is -2.26. The van der Waals surface area contributed by atoms with E-state index in [0.717, 1.165) is 4.47 Å². The van der Waals surface area contributed by atoms with Crippen molar-refractivity contribution in [3.63, 3.8) is 0 Å². The molecule has 0 aliphatic carbocycles. The zero-order chi connectivity index (χ0) is 14.3. The van der Waals surface area contributed by atoms with Gasteiger partial charge in [0.15, 0.2) is 6.61 Å². The van der Waals surface area contributed by atoms with E-state index in [4.69, 9.17) is 9.84 Å². The van der Waals surface area contributed by atoms with Crippen molar-refractivity contribution < 1.29 is 14.6 Å². The van der Waals surface area contributed by atoms with Crippen LogP contribution in [0.3, 0.4) is 0 Å². The van der Waals surface area contributed by atoms with Crippen LogP contribution in [0.25, 0.3) is 0 Å². The maximum atomic E-state index is 12.1. The predicted molar refractivity (Wildman–Crippen MR) is 78.2 cm³/mol. The molecule has 0 atom stereocenters. The summed E-state index contributed by atoms with van der Waals surface area (Å²) in [4.78, 5) is 13.8. The van der Waals surface area contributed by atoms with E-state index in [1.54, 1.807) is 4.90 Å². The molecule has 1 aromatic rings. The average molecular weight is 330 g/mol. The molecule has 0 saturated heterocycles. The van der Waals surface area contributed by atoms with Crippen LogP contribution >= 0.6 is 15.9 Å². The van der Waals surface area contributed by atoms with Gasteiger partial charge in [-0.3, -0.25) is 4.79 Å². The zero-order valence-electron chi connectivity index (χ0n) is 11.3. The van der Waals surface area contributed by atoms with Gasteiger partial charge in [0.05, 0.1) is 0 Å². The Kier molecular flexibility index (Phi) is 6.87. The molecule has 0 fully saturated rings. The van der Waals surface area contributed by atoms with Crippen molar-refractivity contribution in [1.29, 1.82) is 0 Å². The second kappa shape index (κ2) is 8.17.